The molecule has 0 saturated carbocycles. The molecule has 2 fully saturated rings. The van der Waals surface area contributed by atoms with Crippen molar-refractivity contribution in [2.45, 2.75) is 64.1 Å². The minimum Gasteiger partial charge on any atom is -0.347 e. The fourth-order valence-corrected chi connectivity index (χ4v) is 4.53. The molecule has 2 saturated heterocycles. The summed E-state index contributed by atoms with van der Waals surface area (Å²) >= 11 is 0. The fraction of sp³-hybridized carbons (Fsp3) is 0.550. The second-order valence-electron chi connectivity index (χ2n) is 7.51. The first-order chi connectivity index (χ1) is 11.7. The maximum absolute atomic E-state index is 12.4. The van der Waals surface area contributed by atoms with Crippen LogP contribution in [0.4, 0.5) is 5.69 Å². The Bertz CT molecular complexity index is 724. The van der Waals surface area contributed by atoms with Crippen LogP contribution in [0.1, 0.15) is 45.4 Å². The summed E-state index contributed by atoms with van der Waals surface area (Å²) in [6.45, 7) is 3.22. The van der Waals surface area contributed by atoms with Crippen molar-refractivity contribution in [3.8, 4) is 0 Å². The van der Waals surface area contributed by atoms with E-state index in [2.05, 4.69) is 46.5 Å². The molecular formula is C20H27N3O. The number of fused-ring (bicyclic) bond motifs is 3. The molecule has 1 aromatic heterocycles. The molecule has 0 radical (unpaired) electrons. The number of aryl methyl sites for hydroxylation is 1. The number of nitrogens with zero attached hydrogens (tertiary/aromatic N) is 1. The van der Waals surface area contributed by atoms with E-state index in [1.165, 1.54) is 23.7 Å². The number of carbonyl (C=O) groups excluding carboxylic acids is 1. The van der Waals surface area contributed by atoms with Gasteiger partial charge in [-0.2, -0.15) is 0 Å². The number of aromatic nitrogens is 1. The highest BCUT2D eigenvalue weighted by Crippen LogP contribution is 2.33. The van der Waals surface area contributed by atoms with Crippen LogP contribution in [0.2, 0.25) is 0 Å². The standard InChI is InChI=1S/C20H27N3O/c1-2-8-23-9-7-15-13-18(5-6-19(15)23)22-20(24)12-14-10-16-3-4-17(11-14)21-16/h5-7,9,13-14,16-17,21H,2-4,8,10-12H2,1H3,(H,22,24). The predicted octanol–water partition coefficient (Wildman–Crippen LogP) is 3.91. The zero-order valence-electron chi connectivity index (χ0n) is 14.4. The molecule has 128 valence electrons. The van der Waals surface area contributed by atoms with Crippen LogP contribution in [0.5, 0.6) is 0 Å². The largest absolute Gasteiger partial charge is 0.347 e. The topological polar surface area (TPSA) is 46.1 Å². The van der Waals surface area contributed by atoms with E-state index in [1.54, 1.807) is 0 Å². The molecule has 24 heavy (non-hydrogen) atoms. The van der Waals surface area contributed by atoms with E-state index in [9.17, 15) is 4.79 Å². The van der Waals surface area contributed by atoms with Crippen molar-refractivity contribution < 1.29 is 4.79 Å². The molecule has 0 spiro atoms. The van der Waals surface area contributed by atoms with Crippen molar-refractivity contribution in [3.05, 3.63) is 30.5 Å². The van der Waals surface area contributed by atoms with Gasteiger partial charge < -0.3 is 15.2 Å². The summed E-state index contributed by atoms with van der Waals surface area (Å²) in [6, 6.07) is 9.66. The second-order valence-corrected chi connectivity index (χ2v) is 7.51. The van der Waals surface area contributed by atoms with Crippen LogP contribution in [0.15, 0.2) is 30.5 Å². The first-order valence-electron chi connectivity index (χ1n) is 9.36. The summed E-state index contributed by atoms with van der Waals surface area (Å²) in [7, 11) is 0. The lowest BCUT2D eigenvalue weighted by Gasteiger charge is -2.28. The first-order valence-corrected chi connectivity index (χ1v) is 9.36. The molecular weight excluding hydrogens is 298 g/mol. The molecule has 2 aliphatic heterocycles. The van der Waals surface area contributed by atoms with Crippen LogP contribution in [0, 0.1) is 5.92 Å². The van der Waals surface area contributed by atoms with Gasteiger partial charge in [-0.25, -0.2) is 0 Å². The molecule has 4 rings (SSSR count). The minimum atomic E-state index is 0.161. The molecule has 4 heteroatoms. The maximum Gasteiger partial charge on any atom is 0.224 e. The van der Waals surface area contributed by atoms with Crippen molar-refractivity contribution in [3.63, 3.8) is 0 Å². The van der Waals surface area contributed by atoms with Crippen LogP contribution in [-0.4, -0.2) is 22.6 Å². The van der Waals surface area contributed by atoms with Crippen molar-refractivity contribution in [2.24, 2.45) is 5.92 Å². The summed E-state index contributed by atoms with van der Waals surface area (Å²) in [4.78, 5) is 12.4. The van der Waals surface area contributed by atoms with Gasteiger partial charge in [0.25, 0.3) is 0 Å². The Labute approximate surface area is 143 Å². The van der Waals surface area contributed by atoms with Gasteiger partial charge in [0.1, 0.15) is 0 Å². The SMILES string of the molecule is CCCn1ccc2cc(NC(=O)CC3CC4CCC(C3)N4)ccc21. The number of anilines is 1. The molecule has 2 unspecified atom stereocenters. The van der Waals surface area contributed by atoms with E-state index in [-0.39, 0.29) is 5.91 Å². The molecule has 0 aliphatic carbocycles. The lowest BCUT2D eigenvalue weighted by Crippen LogP contribution is -2.39. The second kappa shape index (κ2) is 6.60. The average molecular weight is 325 g/mol. The van der Waals surface area contributed by atoms with E-state index in [0.717, 1.165) is 31.5 Å². The predicted molar refractivity (Wildman–Crippen MR) is 98.1 cm³/mol. The highest BCUT2D eigenvalue weighted by atomic mass is 16.1. The normalized spacial score (nSPS) is 26.0. The molecule has 2 atom stereocenters. The summed E-state index contributed by atoms with van der Waals surface area (Å²) in [5.74, 6) is 0.701. The number of amides is 1. The van der Waals surface area contributed by atoms with Crippen LogP contribution in [0.3, 0.4) is 0 Å². The minimum absolute atomic E-state index is 0.161. The van der Waals surface area contributed by atoms with E-state index in [1.807, 2.05) is 6.07 Å². The number of piperidine rings is 1. The van der Waals surface area contributed by atoms with Crippen molar-refractivity contribution in [1.29, 1.82) is 0 Å². The Morgan fingerprint density at radius 2 is 2.04 bits per heavy atom. The molecule has 2 N–H and O–H groups in total. The summed E-state index contributed by atoms with van der Waals surface area (Å²) in [5.41, 5.74) is 2.16. The van der Waals surface area contributed by atoms with E-state index in [0.29, 0.717) is 24.4 Å². The van der Waals surface area contributed by atoms with E-state index in [4.69, 9.17) is 0 Å². The van der Waals surface area contributed by atoms with Crippen LogP contribution in [-0.2, 0) is 11.3 Å². The lowest BCUT2D eigenvalue weighted by molar-refractivity contribution is -0.117. The highest BCUT2D eigenvalue weighted by molar-refractivity contribution is 5.94. The zero-order chi connectivity index (χ0) is 16.5. The van der Waals surface area contributed by atoms with Gasteiger partial charge in [0.15, 0.2) is 0 Å². The van der Waals surface area contributed by atoms with Crippen LogP contribution in [0.25, 0.3) is 10.9 Å². The third kappa shape index (κ3) is 3.20. The third-order valence-corrected chi connectivity index (χ3v) is 5.56. The Kier molecular flexibility index (Phi) is 4.31. The summed E-state index contributed by atoms with van der Waals surface area (Å²) in [5, 5.41) is 7.94. The lowest BCUT2D eigenvalue weighted by atomic mass is 9.89. The number of carbonyl (C=O) groups is 1. The number of benzene rings is 1. The van der Waals surface area contributed by atoms with Crippen LogP contribution < -0.4 is 10.6 Å². The van der Waals surface area contributed by atoms with Gasteiger partial charge in [0, 0.05) is 47.8 Å². The third-order valence-electron chi connectivity index (χ3n) is 5.56. The van der Waals surface area contributed by atoms with E-state index >= 15 is 0 Å². The highest BCUT2D eigenvalue weighted by Gasteiger charge is 2.34. The number of hydrogen-bond donors (Lipinski definition) is 2. The quantitative estimate of drug-likeness (QED) is 0.875. The van der Waals surface area contributed by atoms with Crippen molar-refractivity contribution >= 4 is 22.5 Å². The molecule has 2 bridgehead atoms. The van der Waals surface area contributed by atoms with Gasteiger partial charge >= 0.3 is 0 Å². The number of rotatable bonds is 5. The molecule has 1 amide bonds. The van der Waals surface area contributed by atoms with Gasteiger partial charge in [-0.15, -0.1) is 0 Å². The zero-order valence-corrected chi connectivity index (χ0v) is 14.4. The van der Waals surface area contributed by atoms with Crippen LogP contribution >= 0.6 is 0 Å². The smallest absolute Gasteiger partial charge is 0.224 e. The average Bonchev–Trinajstić information content (AvgIpc) is 3.11. The fourth-order valence-electron chi connectivity index (χ4n) is 4.53. The molecule has 2 aliphatic rings. The van der Waals surface area contributed by atoms with Gasteiger partial charge in [-0.05, 0) is 62.3 Å². The molecule has 3 heterocycles. The monoisotopic (exact) mass is 325 g/mol. The summed E-state index contributed by atoms with van der Waals surface area (Å²) < 4.78 is 2.27. The van der Waals surface area contributed by atoms with Crippen molar-refractivity contribution in [2.75, 3.05) is 5.32 Å². The van der Waals surface area contributed by atoms with Gasteiger partial charge in [0.2, 0.25) is 5.91 Å². The van der Waals surface area contributed by atoms with Gasteiger partial charge in [-0.1, -0.05) is 6.92 Å². The Morgan fingerprint density at radius 1 is 1.25 bits per heavy atom. The maximum atomic E-state index is 12.4. The first kappa shape index (κ1) is 15.7. The Morgan fingerprint density at radius 3 is 2.79 bits per heavy atom. The Hall–Kier alpha value is -1.81. The van der Waals surface area contributed by atoms with E-state index < -0.39 is 0 Å². The molecule has 4 nitrogen and oxygen atoms in total. The number of nitrogens with one attached hydrogen (secondary N) is 2. The van der Waals surface area contributed by atoms with Crippen molar-refractivity contribution in [1.82, 2.24) is 9.88 Å². The summed E-state index contributed by atoms with van der Waals surface area (Å²) in [6.07, 6.45) is 8.79. The Balaban J connectivity index is 1.39. The molecule has 2 aromatic rings. The molecule has 1 aromatic carbocycles. The van der Waals surface area contributed by atoms with Gasteiger partial charge in [0.05, 0.1) is 0 Å². The van der Waals surface area contributed by atoms with Gasteiger partial charge in [-0.3, -0.25) is 4.79 Å². The number of hydrogen-bond acceptors (Lipinski definition) is 2.